The highest BCUT2D eigenvalue weighted by Gasteiger charge is 2.12. The molecule has 3 rings (SSSR count). The summed E-state index contributed by atoms with van der Waals surface area (Å²) in [5.74, 6) is -0.563. The van der Waals surface area contributed by atoms with E-state index in [0.717, 1.165) is 5.56 Å². The van der Waals surface area contributed by atoms with Gasteiger partial charge in [0, 0.05) is 29.8 Å². The standard InChI is InChI=1S/C25H25N3O3/c1-18(27-23(29)15-16-26-24(30)19-9-4-2-5-10-19)21-13-8-14-22(17-21)28-25(31)20-11-6-3-7-12-20/h2-14,17-18H,15-16H2,1H3,(H,26,30)(H,27,29)(H,28,31). The molecule has 3 aromatic carbocycles. The molecule has 3 amide bonds. The smallest absolute Gasteiger partial charge is 0.255 e. The maximum atomic E-state index is 12.3. The van der Waals surface area contributed by atoms with Crippen LogP contribution < -0.4 is 16.0 Å². The van der Waals surface area contributed by atoms with E-state index < -0.39 is 0 Å². The number of amides is 3. The van der Waals surface area contributed by atoms with E-state index in [-0.39, 0.29) is 36.7 Å². The largest absolute Gasteiger partial charge is 0.352 e. The van der Waals surface area contributed by atoms with Crippen LogP contribution in [0.2, 0.25) is 0 Å². The number of carbonyl (C=O) groups excluding carboxylic acids is 3. The van der Waals surface area contributed by atoms with Crippen LogP contribution in [0.1, 0.15) is 45.7 Å². The molecule has 0 heterocycles. The lowest BCUT2D eigenvalue weighted by atomic mass is 10.1. The second-order valence-corrected chi connectivity index (χ2v) is 7.11. The van der Waals surface area contributed by atoms with E-state index in [4.69, 9.17) is 0 Å². The van der Waals surface area contributed by atoms with Crippen molar-refractivity contribution in [2.24, 2.45) is 0 Å². The van der Waals surface area contributed by atoms with Crippen LogP contribution >= 0.6 is 0 Å². The van der Waals surface area contributed by atoms with Gasteiger partial charge in [0.2, 0.25) is 5.91 Å². The lowest BCUT2D eigenvalue weighted by Gasteiger charge is -2.16. The van der Waals surface area contributed by atoms with Crippen molar-refractivity contribution >= 4 is 23.4 Å². The first-order chi connectivity index (χ1) is 15.0. The number of rotatable bonds is 8. The van der Waals surface area contributed by atoms with E-state index in [1.807, 2.05) is 49.4 Å². The third-order valence-electron chi connectivity index (χ3n) is 4.73. The number of hydrogen-bond acceptors (Lipinski definition) is 3. The molecule has 0 aliphatic rings. The second-order valence-electron chi connectivity index (χ2n) is 7.11. The summed E-state index contributed by atoms with van der Waals surface area (Å²) in [7, 11) is 0. The van der Waals surface area contributed by atoms with Crippen molar-refractivity contribution in [2.75, 3.05) is 11.9 Å². The Hall–Kier alpha value is -3.93. The van der Waals surface area contributed by atoms with Crippen molar-refractivity contribution in [3.05, 3.63) is 102 Å². The zero-order valence-corrected chi connectivity index (χ0v) is 17.3. The molecule has 31 heavy (non-hydrogen) atoms. The minimum Gasteiger partial charge on any atom is -0.352 e. The Morgan fingerprint density at radius 1 is 0.774 bits per heavy atom. The van der Waals surface area contributed by atoms with Crippen molar-refractivity contribution in [3.8, 4) is 0 Å². The summed E-state index contributed by atoms with van der Waals surface area (Å²) in [5.41, 5.74) is 2.66. The average Bonchev–Trinajstić information content (AvgIpc) is 2.80. The molecule has 0 radical (unpaired) electrons. The third kappa shape index (κ3) is 6.54. The normalized spacial score (nSPS) is 11.3. The Balaban J connectivity index is 1.49. The molecule has 0 saturated heterocycles. The van der Waals surface area contributed by atoms with Crippen LogP contribution in [0.4, 0.5) is 5.69 Å². The number of anilines is 1. The Bertz CT molecular complexity index is 1040. The predicted molar refractivity (Wildman–Crippen MR) is 121 cm³/mol. The third-order valence-corrected chi connectivity index (χ3v) is 4.73. The minimum absolute atomic E-state index is 0.167. The Labute approximate surface area is 181 Å². The SMILES string of the molecule is CC(NC(=O)CCNC(=O)c1ccccc1)c1cccc(NC(=O)c2ccccc2)c1. The maximum absolute atomic E-state index is 12.3. The van der Waals surface area contributed by atoms with Gasteiger partial charge < -0.3 is 16.0 Å². The van der Waals surface area contributed by atoms with Crippen LogP contribution in [0.5, 0.6) is 0 Å². The molecular weight excluding hydrogens is 390 g/mol. The second kappa shape index (κ2) is 10.7. The molecule has 0 bridgehead atoms. The molecule has 0 aliphatic heterocycles. The van der Waals surface area contributed by atoms with Gasteiger partial charge in [0.15, 0.2) is 0 Å². The van der Waals surface area contributed by atoms with Gasteiger partial charge in [0.1, 0.15) is 0 Å². The minimum atomic E-state index is -0.245. The molecule has 0 aromatic heterocycles. The predicted octanol–water partition coefficient (Wildman–Crippen LogP) is 3.94. The van der Waals surface area contributed by atoms with Crippen LogP contribution in [-0.4, -0.2) is 24.3 Å². The first-order valence-corrected chi connectivity index (χ1v) is 10.1. The highest BCUT2D eigenvalue weighted by molar-refractivity contribution is 6.04. The van der Waals surface area contributed by atoms with Crippen molar-refractivity contribution in [1.29, 1.82) is 0 Å². The van der Waals surface area contributed by atoms with Gasteiger partial charge in [-0.05, 0) is 48.9 Å². The van der Waals surface area contributed by atoms with E-state index in [1.165, 1.54) is 0 Å². The molecule has 1 atom stereocenters. The van der Waals surface area contributed by atoms with Crippen molar-refractivity contribution in [3.63, 3.8) is 0 Å². The fourth-order valence-corrected chi connectivity index (χ4v) is 3.06. The lowest BCUT2D eigenvalue weighted by molar-refractivity contribution is -0.121. The average molecular weight is 415 g/mol. The molecule has 0 spiro atoms. The van der Waals surface area contributed by atoms with Crippen molar-refractivity contribution < 1.29 is 14.4 Å². The summed E-state index contributed by atoms with van der Waals surface area (Å²) in [5, 5.41) is 8.53. The topological polar surface area (TPSA) is 87.3 Å². The van der Waals surface area contributed by atoms with E-state index in [9.17, 15) is 14.4 Å². The van der Waals surface area contributed by atoms with Gasteiger partial charge in [-0.1, -0.05) is 48.5 Å². The summed E-state index contributed by atoms with van der Waals surface area (Å²) in [6.45, 7) is 2.12. The van der Waals surface area contributed by atoms with E-state index in [1.54, 1.807) is 42.5 Å². The Morgan fingerprint density at radius 3 is 2.03 bits per heavy atom. The fourth-order valence-electron chi connectivity index (χ4n) is 3.06. The van der Waals surface area contributed by atoms with Gasteiger partial charge in [-0.15, -0.1) is 0 Å². The molecule has 0 saturated carbocycles. The van der Waals surface area contributed by atoms with E-state index in [2.05, 4.69) is 16.0 Å². The van der Waals surface area contributed by atoms with Crippen LogP contribution in [-0.2, 0) is 4.79 Å². The van der Waals surface area contributed by atoms with Crippen molar-refractivity contribution in [2.45, 2.75) is 19.4 Å². The number of hydrogen-bond donors (Lipinski definition) is 3. The molecule has 0 aliphatic carbocycles. The van der Waals surface area contributed by atoms with Gasteiger partial charge in [0.05, 0.1) is 6.04 Å². The molecule has 6 heteroatoms. The van der Waals surface area contributed by atoms with Gasteiger partial charge in [-0.2, -0.15) is 0 Å². The van der Waals surface area contributed by atoms with Crippen LogP contribution in [0.25, 0.3) is 0 Å². The molecule has 158 valence electrons. The van der Waals surface area contributed by atoms with E-state index in [0.29, 0.717) is 16.8 Å². The molecule has 3 aromatic rings. The quantitative estimate of drug-likeness (QED) is 0.521. The van der Waals surface area contributed by atoms with Gasteiger partial charge >= 0.3 is 0 Å². The molecular formula is C25H25N3O3. The lowest BCUT2D eigenvalue weighted by Crippen LogP contribution is -2.32. The highest BCUT2D eigenvalue weighted by Crippen LogP contribution is 2.18. The highest BCUT2D eigenvalue weighted by atomic mass is 16.2. The maximum Gasteiger partial charge on any atom is 0.255 e. The van der Waals surface area contributed by atoms with Gasteiger partial charge in [0.25, 0.3) is 11.8 Å². The zero-order chi connectivity index (χ0) is 22.1. The van der Waals surface area contributed by atoms with E-state index >= 15 is 0 Å². The monoisotopic (exact) mass is 415 g/mol. The molecule has 0 fully saturated rings. The van der Waals surface area contributed by atoms with Gasteiger partial charge in [-0.25, -0.2) is 0 Å². The number of benzene rings is 3. The molecule has 6 nitrogen and oxygen atoms in total. The fraction of sp³-hybridized carbons (Fsp3) is 0.160. The zero-order valence-electron chi connectivity index (χ0n) is 17.3. The van der Waals surface area contributed by atoms with Crippen LogP contribution in [0.3, 0.4) is 0 Å². The Kier molecular flexibility index (Phi) is 7.54. The van der Waals surface area contributed by atoms with Crippen molar-refractivity contribution in [1.82, 2.24) is 10.6 Å². The number of carbonyl (C=O) groups is 3. The summed E-state index contributed by atoms with van der Waals surface area (Å²) in [6.07, 6.45) is 0.174. The molecule has 3 N–H and O–H groups in total. The summed E-state index contributed by atoms with van der Waals surface area (Å²) < 4.78 is 0. The Morgan fingerprint density at radius 2 is 1.39 bits per heavy atom. The summed E-state index contributed by atoms with van der Waals surface area (Å²) in [6, 6.07) is 25.0. The van der Waals surface area contributed by atoms with Gasteiger partial charge in [-0.3, -0.25) is 14.4 Å². The number of nitrogens with one attached hydrogen (secondary N) is 3. The summed E-state index contributed by atoms with van der Waals surface area (Å²) in [4.78, 5) is 36.6. The first-order valence-electron chi connectivity index (χ1n) is 10.1. The van der Waals surface area contributed by atoms with Crippen LogP contribution in [0.15, 0.2) is 84.9 Å². The summed E-state index contributed by atoms with van der Waals surface area (Å²) >= 11 is 0. The van der Waals surface area contributed by atoms with Crippen LogP contribution in [0, 0.1) is 0 Å². The molecule has 1 unspecified atom stereocenters. The first kappa shape index (κ1) is 21.8.